The van der Waals surface area contributed by atoms with E-state index in [1.165, 1.54) is 0 Å². The fourth-order valence-corrected chi connectivity index (χ4v) is 3.27. The third-order valence-electron chi connectivity index (χ3n) is 4.89. The van der Waals surface area contributed by atoms with Gasteiger partial charge in [-0.1, -0.05) is 61.9 Å². The highest BCUT2D eigenvalue weighted by Crippen LogP contribution is 2.17. The van der Waals surface area contributed by atoms with Crippen LogP contribution >= 0.6 is 0 Å². The molecule has 0 spiro atoms. The van der Waals surface area contributed by atoms with E-state index in [-0.39, 0.29) is 5.56 Å². The van der Waals surface area contributed by atoms with Crippen LogP contribution in [0, 0.1) is 0 Å². The van der Waals surface area contributed by atoms with E-state index in [1.807, 2.05) is 91.0 Å². The van der Waals surface area contributed by atoms with Crippen molar-refractivity contribution in [3.05, 3.63) is 101 Å². The van der Waals surface area contributed by atoms with Gasteiger partial charge in [0.1, 0.15) is 11.6 Å². The Bertz CT molecular complexity index is 1210. The molecular formula is C26H24N2O2. The third kappa shape index (κ3) is 4.33. The predicted molar refractivity (Wildman–Crippen MR) is 123 cm³/mol. The molecule has 0 N–H and O–H groups in total. The minimum atomic E-state index is -0.0777. The van der Waals surface area contributed by atoms with Crippen LogP contribution in [0.4, 0.5) is 0 Å². The number of rotatable bonds is 7. The van der Waals surface area contributed by atoms with E-state index in [0.717, 1.165) is 36.4 Å². The van der Waals surface area contributed by atoms with Gasteiger partial charge in [-0.2, -0.15) is 0 Å². The van der Waals surface area contributed by atoms with Gasteiger partial charge in [0.25, 0.3) is 5.56 Å². The number of ether oxygens (including phenoxy) is 1. The molecule has 4 nitrogen and oxygen atoms in total. The Morgan fingerprint density at radius 2 is 1.63 bits per heavy atom. The molecule has 0 saturated carbocycles. The molecule has 3 aromatic carbocycles. The summed E-state index contributed by atoms with van der Waals surface area (Å²) in [6, 6.07) is 25.0. The van der Waals surface area contributed by atoms with Gasteiger partial charge in [0.2, 0.25) is 0 Å². The second-order valence-corrected chi connectivity index (χ2v) is 7.07. The maximum absolute atomic E-state index is 13.2. The molecule has 0 aliphatic carbocycles. The highest BCUT2D eigenvalue weighted by molar-refractivity contribution is 5.80. The topological polar surface area (TPSA) is 44.1 Å². The van der Waals surface area contributed by atoms with E-state index in [4.69, 9.17) is 9.72 Å². The molecule has 0 radical (unpaired) electrons. The lowest BCUT2D eigenvalue weighted by Crippen LogP contribution is -2.22. The van der Waals surface area contributed by atoms with Crippen molar-refractivity contribution in [1.29, 1.82) is 0 Å². The van der Waals surface area contributed by atoms with Crippen LogP contribution < -0.4 is 10.3 Å². The molecule has 4 heteroatoms. The summed E-state index contributed by atoms with van der Waals surface area (Å²) in [7, 11) is 0. The molecule has 4 rings (SSSR count). The number of benzene rings is 3. The van der Waals surface area contributed by atoms with Crippen molar-refractivity contribution in [3.8, 4) is 11.4 Å². The smallest absolute Gasteiger partial charge is 0.266 e. The lowest BCUT2D eigenvalue weighted by atomic mass is 10.2. The number of hydrogen-bond acceptors (Lipinski definition) is 3. The summed E-state index contributed by atoms with van der Waals surface area (Å²) < 4.78 is 7.38. The van der Waals surface area contributed by atoms with Crippen molar-refractivity contribution in [3.63, 3.8) is 0 Å². The molecule has 0 aliphatic heterocycles. The monoisotopic (exact) mass is 396 g/mol. The van der Waals surface area contributed by atoms with Crippen LogP contribution in [0.15, 0.2) is 83.7 Å². The standard InChI is InChI=1S/C26H24N2O2/c1-2-3-19-30-22-16-13-20(14-17-22)15-18-25-27-24-12-8-7-11-23(24)26(29)28(25)21-9-5-4-6-10-21/h4-18H,2-3,19H2,1H3/b18-15+. The van der Waals surface area contributed by atoms with Gasteiger partial charge in [0.05, 0.1) is 23.2 Å². The minimum absolute atomic E-state index is 0.0777. The van der Waals surface area contributed by atoms with E-state index in [0.29, 0.717) is 16.7 Å². The van der Waals surface area contributed by atoms with Crippen LogP contribution in [-0.2, 0) is 0 Å². The molecule has 0 amide bonds. The summed E-state index contributed by atoms with van der Waals surface area (Å²) in [5, 5.41) is 0.604. The van der Waals surface area contributed by atoms with Crippen LogP contribution in [0.25, 0.3) is 28.7 Å². The summed E-state index contributed by atoms with van der Waals surface area (Å²) in [6.07, 6.45) is 6.01. The predicted octanol–water partition coefficient (Wildman–Crippen LogP) is 5.74. The zero-order valence-corrected chi connectivity index (χ0v) is 17.0. The number of unbranched alkanes of at least 4 members (excludes halogenated alkanes) is 1. The van der Waals surface area contributed by atoms with E-state index in [1.54, 1.807) is 4.57 Å². The van der Waals surface area contributed by atoms with Crippen molar-refractivity contribution in [2.24, 2.45) is 0 Å². The Hall–Kier alpha value is -3.66. The molecule has 1 aromatic heterocycles. The molecule has 0 atom stereocenters. The Kier molecular flexibility index (Phi) is 6.04. The first-order valence-electron chi connectivity index (χ1n) is 10.2. The highest BCUT2D eigenvalue weighted by Gasteiger charge is 2.10. The van der Waals surface area contributed by atoms with Gasteiger partial charge in [-0.05, 0) is 54.5 Å². The first-order valence-corrected chi connectivity index (χ1v) is 10.2. The van der Waals surface area contributed by atoms with Crippen LogP contribution in [0.1, 0.15) is 31.2 Å². The molecule has 1 heterocycles. The van der Waals surface area contributed by atoms with Gasteiger partial charge >= 0.3 is 0 Å². The number of para-hydroxylation sites is 2. The molecule has 0 fully saturated rings. The Morgan fingerprint density at radius 1 is 0.900 bits per heavy atom. The van der Waals surface area contributed by atoms with Crippen LogP contribution in [0.5, 0.6) is 5.75 Å². The van der Waals surface area contributed by atoms with E-state index >= 15 is 0 Å². The quantitative estimate of drug-likeness (QED) is 0.375. The third-order valence-corrected chi connectivity index (χ3v) is 4.89. The van der Waals surface area contributed by atoms with E-state index < -0.39 is 0 Å². The Balaban J connectivity index is 1.70. The number of aromatic nitrogens is 2. The van der Waals surface area contributed by atoms with Crippen LogP contribution in [0.3, 0.4) is 0 Å². The largest absolute Gasteiger partial charge is 0.494 e. The minimum Gasteiger partial charge on any atom is -0.494 e. The SMILES string of the molecule is CCCCOc1ccc(/C=C/c2nc3ccccc3c(=O)n2-c2ccccc2)cc1. The second kappa shape index (κ2) is 9.23. The average molecular weight is 396 g/mol. The lowest BCUT2D eigenvalue weighted by molar-refractivity contribution is 0.309. The zero-order chi connectivity index (χ0) is 20.8. The molecule has 0 bridgehead atoms. The molecule has 0 saturated heterocycles. The van der Waals surface area contributed by atoms with Gasteiger partial charge in [0, 0.05) is 0 Å². The van der Waals surface area contributed by atoms with Crippen LogP contribution in [-0.4, -0.2) is 16.2 Å². The fraction of sp³-hybridized carbons (Fsp3) is 0.154. The van der Waals surface area contributed by atoms with Crippen molar-refractivity contribution in [2.45, 2.75) is 19.8 Å². The highest BCUT2D eigenvalue weighted by atomic mass is 16.5. The van der Waals surface area contributed by atoms with Gasteiger partial charge < -0.3 is 4.74 Å². The fourth-order valence-electron chi connectivity index (χ4n) is 3.27. The maximum atomic E-state index is 13.2. The molecule has 0 aliphatic rings. The second-order valence-electron chi connectivity index (χ2n) is 7.07. The average Bonchev–Trinajstić information content (AvgIpc) is 2.79. The van der Waals surface area contributed by atoms with Gasteiger partial charge in [-0.25, -0.2) is 4.98 Å². The first kappa shape index (κ1) is 19.6. The van der Waals surface area contributed by atoms with Crippen LogP contribution in [0.2, 0.25) is 0 Å². The lowest BCUT2D eigenvalue weighted by Gasteiger charge is -2.11. The molecule has 30 heavy (non-hydrogen) atoms. The molecule has 0 unspecified atom stereocenters. The zero-order valence-electron chi connectivity index (χ0n) is 17.0. The molecule has 150 valence electrons. The number of nitrogens with zero attached hydrogens (tertiary/aromatic N) is 2. The summed E-state index contributed by atoms with van der Waals surface area (Å²) in [4.78, 5) is 17.9. The van der Waals surface area contributed by atoms with Gasteiger partial charge in [-0.15, -0.1) is 0 Å². The Morgan fingerprint density at radius 3 is 2.40 bits per heavy atom. The van der Waals surface area contributed by atoms with E-state index in [9.17, 15) is 4.79 Å². The van der Waals surface area contributed by atoms with Crippen molar-refractivity contribution in [2.75, 3.05) is 6.61 Å². The summed E-state index contributed by atoms with van der Waals surface area (Å²) in [5.74, 6) is 1.46. The number of fused-ring (bicyclic) bond motifs is 1. The summed E-state index contributed by atoms with van der Waals surface area (Å²) >= 11 is 0. The normalized spacial score (nSPS) is 11.2. The van der Waals surface area contributed by atoms with Crippen molar-refractivity contribution in [1.82, 2.24) is 9.55 Å². The number of hydrogen-bond donors (Lipinski definition) is 0. The summed E-state index contributed by atoms with van der Waals surface area (Å²) in [5.41, 5.74) is 2.42. The van der Waals surface area contributed by atoms with E-state index in [2.05, 4.69) is 6.92 Å². The maximum Gasteiger partial charge on any atom is 0.266 e. The summed E-state index contributed by atoms with van der Waals surface area (Å²) in [6.45, 7) is 2.88. The Labute approximate surface area is 176 Å². The van der Waals surface area contributed by atoms with Crippen molar-refractivity contribution >= 4 is 23.1 Å². The van der Waals surface area contributed by atoms with Crippen molar-refractivity contribution < 1.29 is 4.74 Å². The van der Waals surface area contributed by atoms with Gasteiger partial charge in [0.15, 0.2) is 0 Å². The molecule has 4 aromatic rings. The van der Waals surface area contributed by atoms with Gasteiger partial charge in [-0.3, -0.25) is 9.36 Å². The first-order chi connectivity index (χ1) is 14.8. The molecular weight excluding hydrogens is 372 g/mol.